The van der Waals surface area contributed by atoms with Crippen LogP contribution in [0.25, 0.3) is 0 Å². The van der Waals surface area contributed by atoms with Crippen LogP contribution >= 0.6 is 11.8 Å². The van der Waals surface area contributed by atoms with E-state index in [9.17, 15) is 9.59 Å². The van der Waals surface area contributed by atoms with E-state index in [1.165, 1.54) is 24.9 Å². The Hall–Kier alpha value is -2.07. The predicted molar refractivity (Wildman–Crippen MR) is 64.9 cm³/mol. The number of pyridine rings is 1. The molecule has 0 aliphatic heterocycles. The number of carbonyl (C=O) groups excluding carboxylic acids is 1. The van der Waals surface area contributed by atoms with Gasteiger partial charge < -0.3 is 10.4 Å². The van der Waals surface area contributed by atoms with Gasteiger partial charge in [0.2, 0.25) is 5.91 Å². The van der Waals surface area contributed by atoms with Crippen molar-refractivity contribution < 1.29 is 14.7 Å². The molecule has 1 heterocycles. The van der Waals surface area contributed by atoms with Gasteiger partial charge in [-0.15, -0.1) is 11.8 Å². The fraction of sp³-hybridized carbons (Fsp3) is 0.273. The normalized spacial score (nSPS) is 11.3. The first-order valence-corrected chi connectivity index (χ1v) is 6.00. The van der Waals surface area contributed by atoms with Gasteiger partial charge in [-0.1, -0.05) is 0 Å². The predicted octanol–water partition coefficient (Wildman–Crippen LogP) is 0.635. The molecule has 0 fully saturated rings. The summed E-state index contributed by atoms with van der Waals surface area (Å²) in [6.07, 6.45) is 1.48. The third-order valence-corrected chi connectivity index (χ3v) is 3.03. The van der Waals surface area contributed by atoms with Crippen molar-refractivity contribution in [2.75, 3.05) is 5.75 Å². The van der Waals surface area contributed by atoms with Crippen LogP contribution in [0.1, 0.15) is 12.6 Å². The molecule has 0 aliphatic rings. The Morgan fingerprint density at radius 3 is 2.94 bits per heavy atom. The summed E-state index contributed by atoms with van der Waals surface area (Å²) < 4.78 is 0. The van der Waals surface area contributed by atoms with Crippen molar-refractivity contribution in [3.05, 3.63) is 24.0 Å². The molecular formula is C11H11N3O3S. The number of aliphatic carboxylic acids is 1. The minimum Gasteiger partial charge on any atom is -0.480 e. The molecule has 1 aromatic rings. The summed E-state index contributed by atoms with van der Waals surface area (Å²) in [6.45, 7) is 1.26. The summed E-state index contributed by atoms with van der Waals surface area (Å²) in [7, 11) is 0. The number of hydrogen-bond acceptors (Lipinski definition) is 5. The van der Waals surface area contributed by atoms with Gasteiger partial charge in [0.25, 0.3) is 0 Å². The summed E-state index contributed by atoms with van der Waals surface area (Å²) in [5.74, 6) is -1.30. The van der Waals surface area contributed by atoms with Crippen LogP contribution in [0.2, 0.25) is 0 Å². The van der Waals surface area contributed by atoms with Crippen LogP contribution in [0.3, 0.4) is 0 Å². The lowest BCUT2D eigenvalue weighted by molar-refractivity contribution is -0.140. The highest BCUT2D eigenvalue weighted by Crippen LogP contribution is 2.18. The highest BCUT2D eigenvalue weighted by atomic mass is 32.2. The van der Waals surface area contributed by atoms with Crippen molar-refractivity contribution in [2.45, 2.75) is 17.9 Å². The molecule has 0 saturated carbocycles. The molecule has 7 heteroatoms. The molecule has 0 spiro atoms. The maximum Gasteiger partial charge on any atom is 0.327 e. The van der Waals surface area contributed by atoms with Gasteiger partial charge in [0.05, 0.1) is 0 Å². The number of nitrogens with zero attached hydrogens (tertiary/aromatic N) is 2. The lowest BCUT2D eigenvalue weighted by Gasteiger charge is -2.12. The zero-order valence-corrected chi connectivity index (χ0v) is 10.4. The van der Waals surface area contributed by atoms with Gasteiger partial charge in [0.1, 0.15) is 17.8 Å². The van der Waals surface area contributed by atoms with E-state index in [0.29, 0.717) is 0 Å². The SMILES string of the molecule is CC(=O)NC(CSc1ccnc(C#N)c1)C(=O)O. The zero-order chi connectivity index (χ0) is 13.5. The fourth-order valence-corrected chi connectivity index (χ4v) is 2.10. The summed E-state index contributed by atoms with van der Waals surface area (Å²) in [4.78, 5) is 26.3. The van der Waals surface area contributed by atoms with E-state index in [1.807, 2.05) is 6.07 Å². The molecule has 1 aromatic heterocycles. The Morgan fingerprint density at radius 1 is 1.67 bits per heavy atom. The van der Waals surface area contributed by atoms with Gasteiger partial charge in [0, 0.05) is 23.8 Å². The first-order chi connectivity index (χ1) is 8.52. The molecule has 0 saturated heterocycles. The van der Waals surface area contributed by atoms with Gasteiger partial charge in [0.15, 0.2) is 0 Å². The Morgan fingerprint density at radius 2 is 2.39 bits per heavy atom. The van der Waals surface area contributed by atoms with Crippen molar-refractivity contribution >= 4 is 23.6 Å². The number of carboxylic acid groups (broad SMARTS) is 1. The number of nitrogens with one attached hydrogen (secondary N) is 1. The maximum absolute atomic E-state index is 10.9. The second kappa shape index (κ2) is 6.61. The van der Waals surface area contributed by atoms with Crippen LogP contribution in [-0.4, -0.2) is 33.8 Å². The molecule has 0 bridgehead atoms. The van der Waals surface area contributed by atoms with Crippen molar-refractivity contribution in [3.63, 3.8) is 0 Å². The molecule has 6 nitrogen and oxygen atoms in total. The Balaban J connectivity index is 2.64. The molecule has 0 aliphatic carbocycles. The standard InChI is InChI=1S/C11H11N3O3S/c1-7(15)14-10(11(16)17)6-18-9-2-3-13-8(4-9)5-12/h2-4,10H,6H2,1H3,(H,14,15)(H,16,17). The number of nitriles is 1. The van der Waals surface area contributed by atoms with Crippen LogP contribution in [0.4, 0.5) is 0 Å². The van der Waals surface area contributed by atoms with Crippen LogP contribution in [0.5, 0.6) is 0 Å². The summed E-state index contributed by atoms with van der Waals surface area (Å²) in [5.41, 5.74) is 0.270. The van der Waals surface area contributed by atoms with Crippen LogP contribution in [0.15, 0.2) is 23.2 Å². The Labute approximate surface area is 108 Å². The van der Waals surface area contributed by atoms with E-state index >= 15 is 0 Å². The number of carboxylic acids is 1. The average Bonchev–Trinajstić information content (AvgIpc) is 2.34. The number of rotatable bonds is 5. The summed E-state index contributed by atoms with van der Waals surface area (Å²) in [5, 5.41) is 19.9. The fourth-order valence-electron chi connectivity index (χ4n) is 1.16. The second-order valence-corrected chi connectivity index (χ2v) is 4.48. The van der Waals surface area contributed by atoms with Gasteiger partial charge in [-0.25, -0.2) is 9.78 Å². The Kier molecular flexibility index (Phi) is 5.14. The van der Waals surface area contributed by atoms with Gasteiger partial charge >= 0.3 is 5.97 Å². The topological polar surface area (TPSA) is 103 Å². The minimum atomic E-state index is -1.09. The molecule has 94 valence electrons. The van der Waals surface area contributed by atoms with E-state index in [4.69, 9.17) is 10.4 Å². The van der Waals surface area contributed by atoms with Crippen molar-refractivity contribution in [1.29, 1.82) is 5.26 Å². The largest absolute Gasteiger partial charge is 0.480 e. The van der Waals surface area contributed by atoms with E-state index in [2.05, 4.69) is 10.3 Å². The number of carbonyl (C=O) groups is 2. The van der Waals surface area contributed by atoms with Gasteiger partial charge in [-0.3, -0.25) is 4.79 Å². The maximum atomic E-state index is 10.9. The molecule has 0 radical (unpaired) electrons. The minimum absolute atomic E-state index is 0.184. The van der Waals surface area contributed by atoms with E-state index in [0.717, 1.165) is 4.90 Å². The molecule has 1 unspecified atom stereocenters. The molecule has 2 N–H and O–H groups in total. The number of amides is 1. The first-order valence-electron chi connectivity index (χ1n) is 5.02. The molecule has 0 aromatic carbocycles. The van der Waals surface area contributed by atoms with Gasteiger partial charge in [-0.05, 0) is 12.1 Å². The lowest BCUT2D eigenvalue weighted by Crippen LogP contribution is -2.41. The number of hydrogen-bond donors (Lipinski definition) is 2. The second-order valence-electron chi connectivity index (χ2n) is 3.39. The zero-order valence-electron chi connectivity index (χ0n) is 9.58. The van der Waals surface area contributed by atoms with Crippen LogP contribution in [0, 0.1) is 11.3 Å². The van der Waals surface area contributed by atoms with Crippen LogP contribution in [-0.2, 0) is 9.59 Å². The first kappa shape index (κ1) is 14.0. The van der Waals surface area contributed by atoms with Gasteiger partial charge in [-0.2, -0.15) is 5.26 Å². The third kappa shape index (κ3) is 4.43. The molecule has 18 heavy (non-hydrogen) atoms. The third-order valence-electron chi connectivity index (χ3n) is 1.94. The van der Waals surface area contributed by atoms with E-state index in [1.54, 1.807) is 12.1 Å². The molecule has 1 amide bonds. The van der Waals surface area contributed by atoms with E-state index < -0.39 is 17.9 Å². The van der Waals surface area contributed by atoms with Crippen molar-refractivity contribution in [3.8, 4) is 6.07 Å². The molecular weight excluding hydrogens is 254 g/mol. The highest BCUT2D eigenvalue weighted by molar-refractivity contribution is 7.99. The van der Waals surface area contributed by atoms with Crippen molar-refractivity contribution in [1.82, 2.24) is 10.3 Å². The molecule has 1 atom stereocenters. The smallest absolute Gasteiger partial charge is 0.327 e. The average molecular weight is 265 g/mol. The van der Waals surface area contributed by atoms with Crippen LogP contribution < -0.4 is 5.32 Å². The monoisotopic (exact) mass is 265 g/mol. The summed E-state index contributed by atoms with van der Waals surface area (Å²) >= 11 is 1.24. The lowest BCUT2D eigenvalue weighted by atomic mass is 10.3. The highest BCUT2D eigenvalue weighted by Gasteiger charge is 2.18. The van der Waals surface area contributed by atoms with Crippen molar-refractivity contribution in [2.24, 2.45) is 0 Å². The summed E-state index contributed by atoms with van der Waals surface area (Å²) in [6, 6.07) is 4.19. The number of thioether (sulfide) groups is 1. The van der Waals surface area contributed by atoms with E-state index in [-0.39, 0.29) is 11.4 Å². The number of aromatic nitrogens is 1. The molecule has 1 rings (SSSR count). The Bertz CT molecular complexity index is 499. The quantitative estimate of drug-likeness (QED) is 0.757.